The molecule has 1 aliphatic rings. The summed E-state index contributed by atoms with van der Waals surface area (Å²) in [4.78, 5) is 40.7. The lowest BCUT2D eigenvalue weighted by Crippen LogP contribution is -2.50. The Balaban J connectivity index is 1.90. The second-order valence-corrected chi connectivity index (χ2v) is 6.70. The van der Waals surface area contributed by atoms with Crippen molar-refractivity contribution in [3.05, 3.63) is 28.7 Å². The fraction of sp³-hybridized carbons (Fsp3) is 0.471. The van der Waals surface area contributed by atoms with E-state index in [2.05, 4.69) is 15.9 Å². The second-order valence-electron chi connectivity index (χ2n) is 5.78. The molecule has 1 saturated heterocycles. The Morgan fingerprint density at radius 2 is 1.54 bits per heavy atom. The summed E-state index contributed by atoms with van der Waals surface area (Å²) in [6.45, 7) is 5.64. The van der Waals surface area contributed by atoms with Crippen LogP contribution in [0, 0.1) is 0 Å². The maximum absolute atomic E-state index is 12.4. The van der Waals surface area contributed by atoms with E-state index in [0.717, 1.165) is 10.2 Å². The van der Waals surface area contributed by atoms with Crippen molar-refractivity contribution < 1.29 is 14.4 Å². The van der Waals surface area contributed by atoms with E-state index in [-0.39, 0.29) is 24.1 Å². The molecule has 1 aliphatic heterocycles. The Morgan fingerprint density at radius 1 is 1.00 bits per heavy atom. The van der Waals surface area contributed by atoms with Crippen LogP contribution in [0.3, 0.4) is 0 Å². The van der Waals surface area contributed by atoms with E-state index in [1.165, 1.54) is 6.92 Å². The number of benzene rings is 1. The van der Waals surface area contributed by atoms with Gasteiger partial charge in [0.2, 0.25) is 17.7 Å². The zero-order chi connectivity index (χ0) is 17.7. The molecule has 0 spiro atoms. The summed E-state index contributed by atoms with van der Waals surface area (Å²) < 4.78 is 0.939. The summed E-state index contributed by atoms with van der Waals surface area (Å²) in [7, 11) is 0. The SMILES string of the molecule is CC(=O)N1CCN(C(=O)CCN(C(C)=O)c2ccc(Br)cc2)CC1. The lowest BCUT2D eigenvalue weighted by atomic mass is 10.2. The van der Waals surface area contributed by atoms with Crippen LogP contribution in [0.5, 0.6) is 0 Å². The Labute approximate surface area is 150 Å². The summed E-state index contributed by atoms with van der Waals surface area (Å²) in [6, 6.07) is 7.44. The second kappa shape index (κ2) is 8.28. The molecule has 0 N–H and O–H groups in total. The van der Waals surface area contributed by atoms with Gasteiger partial charge in [-0.1, -0.05) is 15.9 Å². The van der Waals surface area contributed by atoms with Crippen molar-refractivity contribution in [2.75, 3.05) is 37.6 Å². The maximum atomic E-state index is 12.4. The van der Waals surface area contributed by atoms with E-state index in [1.54, 1.807) is 21.6 Å². The summed E-state index contributed by atoms with van der Waals surface area (Å²) in [5.74, 6) is -0.0341. The zero-order valence-corrected chi connectivity index (χ0v) is 15.6. The van der Waals surface area contributed by atoms with E-state index in [1.807, 2.05) is 24.3 Å². The molecule has 3 amide bonds. The van der Waals surface area contributed by atoms with Crippen LogP contribution >= 0.6 is 15.9 Å². The summed E-state index contributed by atoms with van der Waals surface area (Å²) in [6.07, 6.45) is 0.274. The lowest BCUT2D eigenvalue weighted by molar-refractivity contribution is -0.138. The molecule has 1 aromatic rings. The van der Waals surface area contributed by atoms with Crippen molar-refractivity contribution in [2.24, 2.45) is 0 Å². The first-order valence-corrected chi connectivity index (χ1v) is 8.74. The third-order valence-electron chi connectivity index (χ3n) is 4.15. The highest BCUT2D eigenvalue weighted by Crippen LogP contribution is 2.19. The van der Waals surface area contributed by atoms with Crippen molar-refractivity contribution in [1.29, 1.82) is 0 Å². The van der Waals surface area contributed by atoms with E-state index < -0.39 is 0 Å². The van der Waals surface area contributed by atoms with Crippen LogP contribution in [0.1, 0.15) is 20.3 Å². The summed E-state index contributed by atoms with van der Waals surface area (Å²) >= 11 is 3.37. The van der Waals surface area contributed by atoms with E-state index >= 15 is 0 Å². The third kappa shape index (κ3) is 4.80. The number of carbonyl (C=O) groups is 3. The molecule has 0 aromatic heterocycles. The molecule has 24 heavy (non-hydrogen) atoms. The molecule has 130 valence electrons. The molecule has 0 bridgehead atoms. The van der Waals surface area contributed by atoms with E-state index in [0.29, 0.717) is 32.7 Å². The van der Waals surface area contributed by atoms with Gasteiger partial charge in [-0.2, -0.15) is 0 Å². The van der Waals surface area contributed by atoms with Crippen molar-refractivity contribution in [3.8, 4) is 0 Å². The fourth-order valence-electron chi connectivity index (χ4n) is 2.73. The first kappa shape index (κ1) is 18.4. The van der Waals surface area contributed by atoms with Gasteiger partial charge in [-0.25, -0.2) is 0 Å². The van der Waals surface area contributed by atoms with Gasteiger partial charge in [0.25, 0.3) is 0 Å². The molecule has 0 radical (unpaired) electrons. The fourth-order valence-corrected chi connectivity index (χ4v) is 2.99. The van der Waals surface area contributed by atoms with Gasteiger partial charge in [-0.15, -0.1) is 0 Å². The molecule has 0 aliphatic carbocycles. The number of nitrogens with zero attached hydrogens (tertiary/aromatic N) is 3. The predicted octanol–water partition coefficient (Wildman–Crippen LogP) is 1.88. The standard InChI is InChI=1S/C17H22BrN3O3/c1-13(22)19-9-11-20(12-10-19)17(24)7-8-21(14(2)23)16-5-3-15(18)4-6-16/h3-6H,7-12H2,1-2H3. The van der Waals surface area contributed by atoms with Crippen molar-refractivity contribution >= 4 is 39.3 Å². The Kier molecular flexibility index (Phi) is 6.36. The van der Waals surface area contributed by atoms with Crippen LogP contribution in [0.25, 0.3) is 0 Å². The van der Waals surface area contributed by atoms with Gasteiger partial charge in [0.15, 0.2) is 0 Å². The average Bonchev–Trinajstić information content (AvgIpc) is 2.56. The molecule has 1 aromatic carbocycles. The van der Waals surface area contributed by atoms with Gasteiger partial charge in [-0.05, 0) is 24.3 Å². The van der Waals surface area contributed by atoms with Crippen molar-refractivity contribution in [2.45, 2.75) is 20.3 Å². The highest BCUT2D eigenvalue weighted by molar-refractivity contribution is 9.10. The summed E-state index contributed by atoms with van der Waals surface area (Å²) in [5.41, 5.74) is 0.778. The predicted molar refractivity (Wildman–Crippen MR) is 95.6 cm³/mol. The number of rotatable bonds is 4. The van der Waals surface area contributed by atoms with Gasteiger partial charge in [-0.3, -0.25) is 14.4 Å². The van der Waals surface area contributed by atoms with Gasteiger partial charge in [0, 0.05) is 63.2 Å². The number of halogens is 1. The minimum atomic E-state index is -0.0912. The van der Waals surface area contributed by atoms with Crippen LogP contribution in [0.4, 0.5) is 5.69 Å². The number of carbonyl (C=O) groups excluding carboxylic acids is 3. The number of anilines is 1. The maximum Gasteiger partial charge on any atom is 0.224 e. The van der Waals surface area contributed by atoms with Crippen molar-refractivity contribution in [1.82, 2.24) is 9.80 Å². The van der Waals surface area contributed by atoms with Crippen LogP contribution < -0.4 is 4.90 Å². The van der Waals surface area contributed by atoms with E-state index in [4.69, 9.17) is 0 Å². The first-order chi connectivity index (χ1) is 11.4. The van der Waals surface area contributed by atoms with Gasteiger partial charge < -0.3 is 14.7 Å². The first-order valence-electron chi connectivity index (χ1n) is 7.95. The van der Waals surface area contributed by atoms with Crippen LogP contribution in [0.2, 0.25) is 0 Å². The molecular weight excluding hydrogens is 374 g/mol. The number of piperazine rings is 1. The van der Waals surface area contributed by atoms with Crippen LogP contribution in [0.15, 0.2) is 28.7 Å². The zero-order valence-electron chi connectivity index (χ0n) is 14.0. The Morgan fingerprint density at radius 3 is 2.04 bits per heavy atom. The summed E-state index contributed by atoms with van der Waals surface area (Å²) in [5, 5.41) is 0. The number of hydrogen-bond acceptors (Lipinski definition) is 3. The minimum absolute atomic E-state index is 0.0153. The van der Waals surface area contributed by atoms with Gasteiger partial charge >= 0.3 is 0 Å². The molecule has 1 fully saturated rings. The number of amides is 3. The van der Waals surface area contributed by atoms with Crippen LogP contribution in [-0.4, -0.2) is 60.2 Å². The Hall–Kier alpha value is -1.89. The Bertz CT molecular complexity index is 610. The molecular formula is C17H22BrN3O3. The monoisotopic (exact) mass is 395 g/mol. The van der Waals surface area contributed by atoms with E-state index in [9.17, 15) is 14.4 Å². The highest BCUT2D eigenvalue weighted by Gasteiger charge is 2.23. The molecule has 0 atom stereocenters. The third-order valence-corrected chi connectivity index (χ3v) is 4.67. The minimum Gasteiger partial charge on any atom is -0.339 e. The molecule has 1 heterocycles. The smallest absolute Gasteiger partial charge is 0.224 e. The average molecular weight is 396 g/mol. The largest absolute Gasteiger partial charge is 0.339 e. The topological polar surface area (TPSA) is 60.9 Å². The molecule has 0 unspecified atom stereocenters. The molecule has 0 saturated carbocycles. The number of hydrogen-bond donors (Lipinski definition) is 0. The molecule has 2 rings (SSSR count). The van der Waals surface area contributed by atoms with Crippen LogP contribution in [-0.2, 0) is 14.4 Å². The van der Waals surface area contributed by atoms with Crippen molar-refractivity contribution in [3.63, 3.8) is 0 Å². The quantitative estimate of drug-likeness (QED) is 0.781. The highest BCUT2D eigenvalue weighted by atomic mass is 79.9. The lowest BCUT2D eigenvalue weighted by Gasteiger charge is -2.34. The molecule has 6 nitrogen and oxygen atoms in total. The van der Waals surface area contributed by atoms with Gasteiger partial charge in [0.1, 0.15) is 0 Å². The normalized spacial score (nSPS) is 14.5. The molecule has 7 heteroatoms. The van der Waals surface area contributed by atoms with Gasteiger partial charge in [0.05, 0.1) is 0 Å².